The monoisotopic (exact) mass is 376 g/mol. The number of nitriles is 1. The second-order valence-electron chi connectivity index (χ2n) is 10.4. The smallest absolute Gasteiger partial charge is 0.327 e. The molecule has 2 saturated carbocycles. The Bertz CT molecular complexity index is 704. The average Bonchev–Trinajstić information content (AvgIpc) is 3.14. The SMILES string of the molecule is CCC(C)(C)C(C)(CC(C)(C)N)C(=O)OC1C2CC3C1OC(=O)C3(C#N)C2. The summed E-state index contributed by atoms with van der Waals surface area (Å²) in [5, 5.41) is 9.53. The molecule has 6 nitrogen and oxygen atoms in total. The summed E-state index contributed by atoms with van der Waals surface area (Å²) in [6, 6.07) is 2.19. The maximum absolute atomic E-state index is 13.4. The van der Waals surface area contributed by atoms with Gasteiger partial charge in [0.25, 0.3) is 0 Å². The summed E-state index contributed by atoms with van der Waals surface area (Å²) < 4.78 is 11.5. The summed E-state index contributed by atoms with van der Waals surface area (Å²) in [6.45, 7) is 12.0. The fraction of sp³-hybridized carbons (Fsp3) is 0.857. The summed E-state index contributed by atoms with van der Waals surface area (Å²) in [7, 11) is 0. The van der Waals surface area contributed by atoms with Crippen molar-refractivity contribution >= 4 is 11.9 Å². The summed E-state index contributed by atoms with van der Waals surface area (Å²) in [4.78, 5) is 25.7. The van der Waals surface area contributed by atoms with Crippen LogP contribution < -0.4 is 5.73 Å². The fourth-order valence-corrected chi connectivity index (χ4v) is 5.43. The molecule has 3 rings (SSSR count). The van der Waals surface area contributed by atoms with Gasteiger partial charge in [-0.3, -0.25) is 9.59 Å². The van der Waals surface area contributed by atoms with Gasteiger partial charge in [0.2, 0.25) is 0 Å². The molecule has 0 aromatic rings. The molecule has 6 heteroatoms. The Kier molecular flexibility index (Phi) is 4.43. The van der Waals surface area contributed by atoms with Crippen LogP contribution in [0.1, 0.15) is 67.2 Å². The van der Waals surface area contributed by atoms with Crippen molar-refractivity contribution < 1.29 is 19.1 Å². The largest absolute Gasteiger partial charge is 0.458 e. The highest BCUT2D eigenvalue weighted by Gasteiger charge is 2.72. The topological polar surface area (TPSA) is 102 Å². The average molecular weight is 376 g/mol. The molecule has 1 heterocycles. The minimum atomic E-state index is -1.02. The van der Waals surface area contributed by atoms with Crippen LogP contribution in [0.4, 0.5) is 0 Å². The number of rotatable bonds is 6. The lowest BCUT2D eigenvalue weighted by Crippen LogP contribution is -2.52. The molecule has 150 valence electrons. The summed E-state index contributed by atoms with van der Waals surface area (Å²) in [5.41, 5.74) is 3.66. The van der Waals surface area contributed by atoms with Crippen molar-refractivity contribution in [1.82, 2.24) is 0 Å². The summed E-state index contributed by atoms with van der Waals surface area (Å²) >= 11 is 0. The van der Waals surface area contributed by atoms with Gasteiger partial charge in [0.05, 0.1) is 11.5 Å². The Morgan fingerprint density at radius 3 is 2.52 bits per heavy atom. The summed E-state index contributed by atoms with van der Waals surface area (Å²) in [5.74, 6) is -0.874. The number of carbonyl (C=O) groups is 2. The molecule has 2 bridgehead atoms. The van der Waals surface area contributed by atoms with Gasteiger partial charge in [-0.2, -0.15) is 5.26 Å². The van der Waals surface area contributed by atoms with Crippen molar-refractivity contribution in [2.45, 2.75) is 85.0 Å². The lowest BCUT2D eigenvalue weighted by molar-refractivity contribution is -0.180. The van der Waals surface area contributed by atoms with Crippen LogP contribution in [0.5, 0.6) is 0 Å². The van der Waals surface area contributed by atoms with E-state index >= 15 is 0 Å². The van der Waals surface area contributed by atoms with Gasteiger partial charge in [-0.25, -0.2) is 0 Å². The second kappa shape index (κ2) is 5.94. The summed E-state index contributed by atoms with van der Waals surface area (Å²) in [6.07, 6.45) is 1.49. The van der Waals surface area contributed by atoms with Gasteiger partial charge in [-0.15, -0.1) is 0 Å². The minimum Gasteiger partial charge on any atom is -0.458 e. The van der Waals surface area contributed by atoms with E-state index in [2.05, 4.69) is 26.8 Å². The molecule has 1 aliphatic heterocycles. The van der Waals surface area contributed by atoms with Gasteiger partial charge in [0.1, 0.15) is 12.2 Å². The molecular formula is C21H32N2O4. The van der Waals surface area contributed by atoms with Crippen molar-refractivity contribution in [3.05, 3.63) is 0 Å². The van der Waals surface area contributed by atoms with E-state index in [0.717, 1.165) is 6.42 Å². The van der Waals surface area contributed by atoms with Gasteiger partial charge in [0.15, 0.2) is 5.41 Å². The van der Waals surface area contributed by atoms with E-state index in [1.165, 1.54) is 0 Å². The fourth-order valence-electron chi connectivity index (χ4n) is 5.43. The van der Waals surface area contributed by atoms with Crippen molar-refractivity contribution in [3.63, 3.8) is 0 Å². The molecule has 3 aliphatic rings. The molecule has 0 aromatic carbocycles. The Morgan fingerprint density at radius 1 is 1.37 bits per heavy atom. The Balaban J connectivity index is 1.84. The van der Waals surface area contributed by atoms with Crippen LogP contribution in [0.25, 0.3) is 0 Å². The zero-order valence-electron chi connectivity index (χ0n) is 17.3. The van der Waals surface area contributed by atoms with E-state index in [1.54, 1.807) is 0 Å². The second-order valence-corrected chi connectivity index (χ2v) is 10.4. The molecule has 2 N–H and O–H groups in total. The molecule has 6 unspecified atom stereocenters. The number of fused-ring (bicyclic) bond motifs is 1. The zero-order valence-corrected chi connectivity index (χ0v) is 17.3. The highest BCUT2D eigenvalue weighted by atomic mass is 16.6. The van der Waals surface area contributed by atoms with Crippen LogP contribution in [-0.4, -0.2) is 29.7 Å². The van der Waals surface area contributed by atoms with Crippen LogP contribution in [0, 0.1) is 39.4 Å². The van der Waals surface area contributed by atoms with Crippen molar-refractivity contribution in [2.75, 3.05) is 0 Å². The first-order chi connectivity index (χ1) is 12.3. The quantitative estimate of drug-likeness (QED) is 0.715. The van der Waals surface area contributed by atoms with E-state index < -0.39 is 34.5 Å². The number of hydrogen-bond donors (Lipinski definition) is 1. The first-order valence-electron chi connectivity index (χ1n) is 9.93. The van der Waals surface area contributed by atoms with E-state index in [9.17, 15) is 14.9 Å². The van der Waals surface area contributed by atoms with Crippen LogP contribution in [0.2, 0.25) is 0 Å². The standard InChI is InChI=1S/C21H32N2O4/c1-7-18(2,3)20(6,10-19(4,5)23)16(24)26-14-12-8-13-15(14)27-17(25)21(13,9-12)11-22/h12-15H,7-10,23H2,1-6H3. The Labute approximate surface area is 161 Å². The molecule has 1 saturated heterocycles. The first-order valence-corrected chi connectivity index (χ1v) is 9.93. The predicted octanol–water partition coefficient (Wildman–Crippen LogP) is 2.94. The number of nitrogens with zero attached hydrogens (tertiary/aromatic N) is 1. The van der Waals surface area contributed by atoms with Gasteiger partial charge in [-0.1, -0.05) is 20.8 Å². The lowest BCUT2D eigenvalue weighted by atomic mass is 9.60. The predicted molar refractivity (Wildman–Crippen MR) is 99.1 cm³/mol. The number of ether oxygens (including phenoxy) is 2. The van der Waals surface area contributed by atoms with Gasteiger partial charge in [-0.05, 0) is 51.9 Å². The Morgan fingerprint density at radius 2 is 2.00 bits per heavy atom. The molecular weight excluding hydrogens is 344 g/mol. The zero-order chi connectivity index (χ0) is 20.4. The van der Waals surface area contributed by atoms with Gasteiger partial charge >= 0.3 is 11.9 Å². The third-order valence-electron chi connectivity index (χ3n) is 7.65. The third-order valence-corrected chi connectivity index (χ3v) is 7.65. The molecule has 27 heavy (non-hydrogen) atoms. The van der Waals surface area contributed by atoms with Crippen LogP contribution in [0.3, 0.4) is 0 Å². The molecule has 3 fully saturated rings. The van der Waals surface area contributed by atoms with Gasteiger partial charge < -0.3 is 15.2 Å². The number of hydrogen-bond acceptors (Lipinski definition) is 6. The molecule has 0 spiro atoms. The highest BCUT2D eigenvalue weighted by molar-refractivity contribution is 5.85. The van der Waals surface area contributed by atoms with E-state index in [0.29, 0.717) is 19.3 Å². The van der Waals surface area contributed by atoms with E-state index in [1.807, 2.05) is 20.8 Å². The molecule has 6 atom stereocenters. The normalized spacial score (nSPS) is 36.9. The molecule has 2 aliphatic carbocycles. The Hall–Kier alpha value is -1.61. The highest BCUT2D eigenvalue weighted by Crippen LogP contribution is 2.62. The van der Waals surface area contributed by atoms with Crippen molar-refractivity contribution in [1.29, 1.82) is 5.26 Å². The maximum atomic E-state index is 13.4. The molecule has 0 amide bonds. The third kappa shape index (κ3) is 2.77. The lowest BCUT2D eigenvalue weighted by Gasteiger charge is -2.46. The number of esters is 2. The van der Waals surface area contributed by atoms with E-state index in [4.69, 9.17) is 15.2 Å². The van der Waals surface area contributed by atoms with Crippen molar-refractivity contribution in [3.8, 4) is 6.07 Å². The van der Waals surface area contributed by atoms with Crippen LogP contribution in [0.15, 0.2) is 0 Å². The first kappa shape index (κ1) is 20.1. The van der Waals surface area contributed by atoms with Crippen molar-refractivity contribution in [2.24, 2.45) is 33.8 Å². The number of carbonyl (C=O) groups excluding carboxylic acids is 2. The molecule has 0 radical (unpaired) electrons. The van der Waals surface area contributed by atoms with Gasteiger partial charge in [0, 0.05) is 17.4 Å². The van der Waals surface area contributed by atoms with Crippen LogP contribution in [-0.2, 0) is 19.1 Å². The van der Waals surface area contributed by atoms with E-state index in [-0.39, 0.29) is 23.2 Å². The minimum absolute atomic E-state index is 0.00919. The van der Waals surface area contributed by atoms with Crippen LogP contribution >= 0.6 is 0 Å². The maximum Gasteiger partial charge on any atom is 0.327 e. The molecule has 0 aromatic heterocycles. The number of nitrogens with two attached hydrogens (primary N) is 1.